The Morgan fingerprint density at radius 3 is 2.80 bits per heavy atom. The van der Waals surface area contributed by atoms with E-state index in [0.717, 1.165) is 73.6 Å². The molecule has 0 amide bonds. The van der Waals surface area contributed by atoms with Gasteiger partial charge in [0.15, 0.2) is 5.82 Å². The molecule has 0 bridgehead atoms. The Kier molecular flexibility index (Phi) is 4.23. The van der Waals surface area contributed by atoms with E-state index < -0.39 is 5.82 Å². The van der Waals surface area contributed by atoms with E-state index in [1.165, 1.54) is 6.07 Å². The smallest absolute Gasteiger partial charge is 0.200 e. The quantitative estimate of drug-likeness (QED) is 0.413. The van der Waals surface area contributed by atoms with Crippen LogP contribution < -0.4 is 15.5 Å². The Morgan fingerprint density at radius 1 is 1.13 bits per heavy atom. The SMILES string of the molecule is Fc1ccc(Cl)c(CN2CCNc3c2c2c(-c4n[nH]c(C5CCNCC5)n4)n3-2)c1Cl. The zero-order chi connectivity index (χ0) is 20.4. The molecular weight excluding hydrogens is 428 g/mol. The molecule has 0 saturated carbocycles. The number of rotatable bonds is 4. The van der Waals surface area contributed by atoms with Gasteiger partial charge in [-0.1, -0.05) is 23.2 Å². The maximum Gasteiger partial charge on any atom is 0.200 e. The van der Waals surface area contributed by atoms with Crippen molar-refractivity contribution in [2.45, 2.75) is 25.3 Å². The highest BCUT2D eigenvalue weighted by molar-refractivity contribution is 6.36. The Morgan fingerprint density at radius 2 is 1.97 bits per heavy atom. The van der Waals surface area contributed by atoms with Crippen molar-refractivity contribution in [3.8, 4) is 17.2 Å². The lowest BCUT2D eigenvalue weighted by atomic mass is 9.98. The minimum atomic E-state index is -0.451. The molecule has 1 saturated heterocycles. The van der Waals surface area contributed by atoms with Crippen LogP contribution in [0.4, 0.5) is 15.9 Å². The highest BCUT2D eigenvalue weighted by Gasteiger charge is 2.45. The van der Waals surface area contributed by atoms with Crippen molar-refractivity contribution in [3.05, 3.63) is 39.4 Å². The van der Waals surface area contributed by atoms with Crippen molar-refractivity contribution < 1.29 is 4.39 Å². The van der Waals surface area contributed by atoms with Crippen molar-refractivity contribution >= 4 is 34.7 Å². The fourth-order valence-corrected chi connectivity index (χ4v) is 5.07. The second kappa shape index (κ2) is 6.87. The van der Waals surface area contributed by atoms with Crippen molar-refractivity contribution in [2.75, 3.05) is 36.4 Å². The third-order valence-corrected chi connectivity index (χ3v) is 6.98. The zero-order valence-electron chi connectivity index (χ0n) is 16.1. The third-order valence-electron chi connectivity index (χ3n) is 6.21. The van der Waals surface area contributed by atoms with E-state index in [-0.39, 0.29) is 5.02 Å². The first-order chi connectivity index (χ1) is 14.6. The molecule has 1 fully saturated rings. The fraction of sp³-hybridized carbons (Fsp3) is 0.400. The van der Waals surface area contributed by atoms with Gasteiger partial charge in [-0.2, -0.15) is 5.10 Å². The second-order valence-electron chi connectivity index (χ2n) is 7.97. The number of benzene rings is 1. The van der Waals surface area contributed by atoms with E-state index in [1.54, 1.807) is 6.07 Å². The summed E-state index contributed by atoms with van der Waals surface area (Å²) in [6.45, 7) is 4.05. The number of fused-ring (bicyclic) bond motifs is 4. The molecule has 4 aliphatic rings. The number of nitrogens with zero attached hydrogens (tertiary/aromatic N) is 4. The average molecular weight is 448 g/mol. The molecule has 0 atom stereocenters. The van der Waals surface area contributed by atoms with Gasteiger partial charge in [-0.3, -0.25) is 9.67 Å². The molecular formula is C20H20Cl2FN7. The highest BCUT2D eigenvalue weighted by Crippen LogP contribution is 2.58. The molecule has 3 N–H and O–H groups in total. The van der Waals surface area contributed by atoms with Gasteiger partial charge in [0.25, 0.3) is 0 Å². The van der Waals surface area contributed by atoms with E-state index in [1.807, 2.05) is 0 Å². The van der Waals surface area contributed by atoms with Crippen LogP contribution in [0.25, 0.3) is 17.2 Å². The third kappa shape index (κ3) is 2.74. The first-order valence-corrected chi connectivity index (χ1v) is 10.9. The molecule has 10 heteroatoms. The Hall–Kier alpha value is -2.29. The summed E-state index contributed by atoms with van der Waals surface area (Å²) in [6, 6.07) is 2.85. The van der Waals surface area contributed by atoms with E-state index in [2.05, 4.69) is 30.3 Å². The number of piperidine rings is 1. The van der Waals surface area contributed by atoms with E-state index in [0.29, 0.717) is 23.0 Å². The number of aromatic amines is 1. The van der Waals surface area contributed by atoms with Gasteiger partial charge in [-0.25, -0.2) is 9.37 Å². The minimum absolute atomic E-state index is 0.0879. The highest BCUT2D eigenvalue weighted by atomic mass is 35.5. The lowest BCUT2D eigenvalue weighted by Gasteiger charge is -2.35. The summed E-state index contributed by atoms with van der Waals surface area (Å²) in [4.78, 5) is 6.98. The molecule has 0 spiro atoms. The summed E-state index contributed by atoms with van der Waals surface area (Å²) < 4.78 is 16.1. The molecule has 6 rings (SSSR count). The molecule has 2 aromatic rings. The lowest BCUT2D eigenvalue weighted by molar-refractivity contribution is 0.446. The molecule has 0 radical (unpaired) electrons. The second-order valence-corrected chi connectivity index (χ2v) is 8.75. The Balaban J connectivity index is 1.29. The molecule has 30 heavy (non-hydrogen) atoms. The number of hydrogen-bond donors (Lipinski definition) is 3. The van der Waals surface area contributed by atoms with Gasteiger partial charge >= 0.3 is 0 Å². The Labute approximate surface area is 182 Å². The largest absolute Gasteiger partial charge is 0.368 e. The molecule has 1 aromatic carbocycles. The van der Waals surface area contributed by atoms with E-state index in [4.69, 9.17) is 28.2 Å². The average Bonchev–Trinajstić information content (AvgIpc) is 3.14. The van der Waals surface area contributed by atoms with Crippen LogP contribution in [0.5, 0.6) is 0 Å². The van der Waals surface area contributed by atoms with Gasteiger partial charge < -0.3 is 15.5 Å². The van der Waals surface area contributed by atoms with Gasteiger partial charge in [-0.15, -0.1) is 0 Å². The van der Waals surface area contributed by atoms with Crippen LogP contribution in [-0.4, -0.2) is 45.9 Å². The Bertz CT molecular complexity index is 1150. The van der Waals surface area contributed by atoms with Crippen LogP contribution >= 0.6 is 23.2 Å². The number of nitrogens with one attached hydrogen (secondary N) is 3. The van der Waals surface area contributed by atoms with Crippen LogP contribution in [0.2, 0.25) is 10.0 Å². The fourth-order valence-electron chi connectivity index (χ4n) is 4.58. The zero-order valence-corrected chi connectivity index (χ0v) is 17.6. The number of H-pyrrole nitrogens is 1. The maximum absolute atomic E-state index is 14.0. The monoisotopic (exact) mass is 447 g/mol. The summed E-state index contributed by atoms with van der Waals surface area (Å²) >= 11 is 12.5. The van der Waals surface area contributed by atoms with Crippen LogP contribution in [-0.2, 0) is 6.54 Å². The molecule has 0 aliphatic carbocycles. The predicted molar refractivity (Wildman–Crippen MR) is 116 cm³/mol. The van der Waals surface area contributed by atoms with Gasteiger partial charge in [-0.05, 0) is 38.1 Å². The lowest BCUT2D eigenvalue weighted by Crippen LogP contribution is -2.36. The predicted octanol–water partition coefficient (Wildman–Crippen LogP) is 3.92. The van der Waals surface area contributed by atoms with Crippen molar-refractivity contribution in [2.24, 2.45) is 0 Å². The molecule has 5 heterocycles. The molecule has 0 unspecified atom stereocenters. The molecule has 1 aromatic heterocycles. The topological polar surface area (TPSA) is 73.8 Å². The van der Waals surface area contributed by atoms with E-state index >= 15 is 0 Å². The van der Waals surface area contributed by atoms with Crippen molar-refractivity contribution in [1.82, 2.24) is 25.1 Å². The van der Waals surface area contributed by atoms with Crippen molar-refractivity contribution in [1.29, 1.82) is 0 Å². The van der Waals surface area contributed by atoms with E-state index in [9.17, 15) is 4.39 Å². The summed E-state index contributed by atoms with van der Waals surface area (Å²) in [5, 5.41) is 15.0. The summed E-state index contributed by atoms with van der Waals surface area (Å²) in [5.41, 5.74) is 3.87. The number of aromatic nitrogens is 4. The first kappa shape index (κ1) is 18.5. The molecule has 7 nitrogen and oxygen atoms in total. The summed E-state index contributed by atoms with van der Waals surface area (Å²) in [5.74, 6) is 2.72. The number of halogens is 3. The summed E-state index contributed by atoms with van der Waals surface area (Å²) in [6.07, 6.45) is 2.15. The standard InChI is InChI=1S/C20H20Cl2FN7/c21-12-1-2-13(23)14(22)11(12)9-29-8-7-25-20-17(29)15-16(30(15)20)19-26-18(27-28-19)10-3-5-24-6-4-10/h1-2,10,24-25H,3-9H2,(H,26,27,28). The molecule has 4 aliphatic heterocycles. The van der Waals surface area contributed by atoms with Crippen molar-refractivity contribution in [3.63, 3.8) is 0 Å². The normalized spacial score (nSPS) is 17.8. The minimum Gasteiger partial charge on any atom is -0.368 e. The van der Waals surface area contributed by atoms with Crippen LogP contribution in [0.3, 0.4) is 0 Å². The number of anilines is 2. The van der Waals surface area contributed by atoms with Gasteiger partial charge in [0.1, 0.15) is 34.5 Å². The van der Waals surface area contributed by atoms with Crippen LogP contribution in [0.15, 0.2) is 12.1 Å². The van der Waals surface area contributed by atoms with Gasteiger partial charge in [0.2, 0.25) is 0 Å². The first-order valence-electron chi connectivity index (χ1n) is 10.2. The maximum atomic E-state index is 14.0. The summed E-state index contributed by atoms with van der Waals surface area (Å²) in [7, 11) is 0. The van der Waals surface area contributed by atoms with Gasteiger partial charge in [0.05, 0.1) is 5.02 Å². The van der Waals surface area contributed by atoms with Crippen LogP contribution in [0.1, 0.15) is 30.1 Å². The van der Waals surface area contributed by atoms with Gasteiger partial charge in [0, 0.05) is 36.1 Å². The molecule has 156 valence electrons. The van der Waals surface area contributed by atoms with Crippen LogP contribution in [0, 0.1) is 5.82 Å². The number of hydrogen-bond acceptors (Lipinski definition) is 5.